The summed E-state index contributed by atoms with van der Waals surface area (Å²) in [5.41, 5.74) is 0.587. The third-order valence-corrected chi connectivity index (χ3v) is 3.85. The minimum Gasteiger partial charge on any atom is -0.490 e. The molecule has 0 radical (unpaired) electrons. The lowest BCUT2D eigenvalue weighted by Gasteiger charge is -2.27. The van der Waals surface area contributed by atoms with E-state index in [-0.39, 0.29) is 12.1 Å². The van der Waals surface area contributed by atoms with Crippen LogP contribution in [0, 0.1) is 6.92 Å². The fourth-order valence-electron chi connectivity index (χ4n) is 2.93. The van der Waals surface area contributed by atoms with E-state index in [0.29, 0.717) is 6.42 Å². The van der Waals surface area contributed by atoms with Crippen LogP contribution < -0.4 is 10.1 Å². The van der Waals surface area contributed by atoms with Gasteiger partial charge in [0.2, 0.25) is 0 Å². The zero-order valence-corrected chi connectivity index (χ0v) is 12.4. The quantitative estimate of drug-likeness (QED) is 0.840. The summed E-state index contributed by atoms with van der Waals surface area (Å²) in [4.78, 5) is 12.0. The smallest absolute Gasteiger partial charge is 0.326 e. The van der Waals surface area contributed by atoms with Gasteiger partial charge in [-0.3, -0.25) is 4.79 Å². The summed E-state index contributed by atoms with van der Waals surface area (Å²) in [6, 6.07) is 8.00. The lowest BCUT2D eigenvalue weighted by molar-refractivity contribution is -0.148. The Labute approximate surface area is 120 Å². The first kappa shape index (κ1) is 14.9. The van der Waals surface area contributed by atoms with Crippen LogP contribution in [0.5, 0.6) is 5.75 Å². The van der Waals surface area contributed by atoms with E-state index in [1.165, 1.54) is 12.7 Å². The second-order valence-electron chi connectivity index (χ2n) is 5.40. The van der Waals surface area contributed by atoms with Gasteiger partial charge in [-0.05, 0) is 44.0 Å². The van der Waals surface area contributed by atoms with Crippen LogP contribution in [-0.2, 0) is 9.53 Å². The van der Waals surface area contributed by atoms with E-state index in [4.69, 9.17) is 9.47 Å². The molecule has 0 heterocycles. The van der Waals surface area contributed by atoms with Crippen molar-refractivity contribution in [3.05, 3.63) is 29.8 Å². The van der Waals surface area contributed by atoms with Gasteiger partial charge in [0.25, 0.3) is 0 Å². The Bertz CT molecular complexity index is 475. The minimum absolute atomic E-state index is 0.0509. The van der Waals surface area contributed by atoms with E-state index in [2.05, 4.69) is 5.32 Å². The predicted octanol–water partition coefficient (Wildman–Crippen LogP) is 2.45. The summed E-state index contributed by atoms with van der Waals surface area (Å²) >= 11 is 0. The average Bonchev–Trinajstić information content (AvgIpc) is 2.82. The van der Waals surface area contributed by atoms with Gasteiger partial charge in [0.1, 0.15) is 17.4 Å². The van der Waals surface area contributed by atoms with Gasteiger partial charge in [-0.15, -0.1) is 0 Å². The molecule has 0 aromatic heterocycles. The van der Waals surface area contributed by atoms with Gasteiger partial charge in [-0.1, -0.05) is 19.1 Å². The molecule has 0 aliphatic heterocycles. The number of rotatable bonds is 5. The van der Waals surface area contributed by atoms with Crippen LogP contribution in [-0.4, -0.2) is 31.3 Å². The molecule has 1 saturated carbocycles. The molecule has 20 heavy (non-hydrogen) atoms. The summed E-state index contributed by atoms with van der Waals surface area (Å²) < 4.78 is 11.0. The van der Waals surface area contributed by atoms with Crippen LogP contribution in [0.25, 0.3) is 0 Å². The highest BCUT2D eigenvalue weighted by atomic mass is 16.5. The van der Waals surface area contributed by atoms with Crippen LogP contribution in [0.15, 0.2) is 24.3 Å². The summed E-state index contributed by atoms with van der Waals surface area (Å²) in [6.07, 6.45) is 2.32. The zero-order valence-electron chi connectivity index (χ0n) is 12.4. The third kappa shape index (κ3) is 3.12. The van der Waals surface area contributed by atoms with E-state index in [0.717, 1.165) is 25.1 Å². The van der Waals surface area contributed by atoms with Crippen LogP contribution >= 0.6 is 0 Å². The molecule has 4 nitrogen and oxygen atoms in total. The van der Waals surface area contributed by atoms with Crippen molar-refractivity contribution in [3.63, 3.8) is 0 Å². The van der Waals surface area contributed by atoms with E-state index in [9.17, 15) is 4.79 Å². The molecule has 2 atom stereocenters. The highest BCUT2D eigenvalue weighted by Gasteiger charge is 2.46. The predicted molar refractivity (Wildman–Crippen MR) is 77.9 cm³/mol. The monoisotopic (exact) mass is 277 g/mol. The van der Waals surface area contributed by atoms with Crippen LogP contribution in [0.1, 0.15) is 31.7 Å². The van der Waals surface area contributed by atoms with Gasteiger partial charge in [-0.25, -0.2) is 0 Å². The van der Waals surface area contributed by atoms with E-state index < -0.39 is 5.54 Å². The maximum absolute atomic E-state index is 12.0. The molecule has 1 aromatic rings. The van der Waals surface area contributed by atoms with Crippen molar-refractivity contribution in [1.82, 2.24) is 5.32 Å². The Morgan fingerprint density at radius 3 is 2.95 bits per heavy atom. The van der Waals surface area contributed by atoms with Crippen LogP contribution in [0.3, 0.4) is 0 Å². The summed E-state index contributed by atoms with van der Waals surface area (Å²) in [7, 11) is 1.44. The summed E-state index contributed by atoms with van der Waals surface area (Å²) in [5.74, 6) is 0.682. The lowest BCUT2D eigenvalue weighted by Crippen LogP contribution is -2.51. The minimum atomic E-state index is -0.585. The maximum Gasteiger partial charge on any atom is 0.326 e. The molecule has 2 rings (SSSR count). The van der Waals surface area contributed by atoms with Gasteiger partial charge in [0.05, 0.1) is 7.11 Å². The Morgan fingerprint density at radius 2 is 2.30 bits per heavy atom. The summed E-state index contributed by atoms with van der Waals surface area (Å²) in [6.45, 7) is 4.78. The Morgan fingerprint density at radius 1 is 1.50 bits per heavy atom. The van der Waals surface area contributed by atoms with E-state index in [1.54, 1.807) is 0 Å². The molecule has 1 aliphatic carbocycles. The van der Waals surface area contributed by atoms with Crippen LogP contribution in [0.2, 0.25) is 0 Å². The van der Waals surface area contributed by atoms with Gasteiger partial charge in [0, 0.05) is 6.42 Å². The van der Waals surface area contributed by atoms with Crippen LogP contribution in [0.4, 0.5) is 0 Å². The largest absolute Gasteiger partial charge is 0.490 e. The molecule has 0 amide bonds. The second kappa shape index (κ2) is 6.27. The number of nitrogens with one attached hydrogen (secondary N) is 1. The Kier molecular flexibility index (Phi) is 4.65. The number of methoxy groups -OCH3 is 1. The molecule has 110 valence electrons. The fourth-order valence-corrected chi connectivity index (χ4v) is 2.93. The van der Waals surface area contributed by atoms with Gasteiger partial charge in [0.15, 0.2) is 0 Å². The SMILES string of the molecule is CCNC1(C(=O)OC)CCC(Oc2cccc(C)c2)C1. The average molecular weight is 277 g/mol. The molecule has 2 unspecified atom stereocenters. The van der Waals surface area contributed by atoms with Crippen molar-refractivity contribution in [2.45, 2.75) is 44.8 Å². The third-order valence-electron chi connectivity index (χ3n) is 3.85. The molecular weight excluding hydrogens is 254 g/mol. The number of esters is 1. The molecule has 1 aromatic carbocycles. The number of hydrogen-bond acceptors (Lipinski definition) is 4. The zero-order chi connectivity index (χ0) is 14.6. The molecule has 0 bridgehead atoms. The van der Waals surface area contributed by atoms with Crippen molar-refractivity contribution < 1.29 is 14.3 Å². The van der Waals surface area contributed by atoms with E-state index in [1.807, 2.05) is 38.1 Å². The number of aryl methyl sites for hydroxylation is 1. The van der Waals surface area contributed by atoms with Crippen molar-refractivity contribution in [1.29, 1.82) is 0 Å². The van der Waals surface area contributed by atoms with Crippen molar-refractivity contribution in [3.8, 4) is 5.75 Å². The van der Waals surface area contributed by atoms with Crippen molar-refractivity contribution in [2.75, 3.05) is 13.7 Å². The van der Waals surface area contributed by atoms with Gasteiger partial charge >= 0.3 is 5.97 Å². The van der Waals surface area contributed by atoms with Gasteiger partial charge in [-0.2, -0.15) is 0 Å². The molecule has 1 N–H and O–H groups in total. The number of likely N-dealkylation sites (N-methyl/N-ethyl adjacent to an activating group) is 1. The highest BCUT2D eigenvalue weighted by Crippen LogP contribution is 2.34. The standard InChI is InChI=1S/C16H23NO3/c1-4-17-16(15(18)19-3)9-8-14(11-16)20-13-7-5-6-12(2)10-13/h5-7,10,14,17H,4,8-9,11H2,1-3H3. The number of benzene rings is 1. The topological polar surface area (TPSA) is 47.6 Å². The molecule has 4 heteroatoms. The Balaban J connectivity index is 2.05. The second-order valence-corrected chi connectivity index (χ2v) is 5.40. The first-order valence-corrected chi connectivity index (χ1v) is 7.16. The number of ether oxygens (including phenoxy) is 2. The lowest BCUT2D eigenvalue weighted by atomic mass is 9.97. The van der Waals surface area contributed by atoms with E-state index >= 15 is 0 Å². The highest BCUT2D eigenvalue weighted by molar-refractivity contribution is 5.81. The number of hydrogen-bond donors (Lipinski definition) is 1. The molecule has 1 aliphatic rings. The Hall–Kier alpha value is -1.55. The first-order chi connectivity index (χ1) is 9.59. The number of carbonyl (C=O) groups excluding carboxylic acids is 1. The van der Waals surface area contributed by atoms with Gasteiger partial charge < -0.3 is 14.8 Å². The maximum atomic E-state index is 12.0. The number of carbonyl (C=O) groups is 1. The fraction of sp³-hybridized carbons (Fsp3) is 0.562. The van der Waals surface area contributed by atoms with Crippen molar-refractivity contribution >= 4 is 5.97 Å². The summed E-state index contributed by atoms with van der Waals surface area (Å²) in [5, 5.41) is 3.28. The molecule has 0 saturated heterocycles. The normalized spacial score (nSPS) is 25.4. The molecule has 1 fully saturated rings. The molecule has 0 spiro atoms. The first-order valence-electron chi connectivity index (χ1n) is 7.16. The molecular formula is C16H23NO3. The van der Waals surface area contributed by atoms with Crippen molar-refractivity contribution in [2.24, 2.45) is 0 Å².